The lowest BCUT2D eigenvalue weighted by Crippen LogP contribution is -2.41. The minimum atomic E-state index is -2.88. The summed E-state index contributed by atoms with van der Waals surface area (Å²) in [5.41, 5.74) is 5.26. The second-order valence-electron chi connectivity index (χ2n) is 4.18. The molecule has 0 saturated carbocycles. The van der Waals surface area contributed by atoms with E-state index in [0.29, 0.717) is 13.0 Å². The van der Waals surface area contributed by atoms with Crippen molar-refractivity contribution in [2.24, 2.45) is 17.1 Å². The highest BCUT2D eigenvalue weighted by Gasteiger charge is 2.42. The molecule has 1 rings (SSSR count). The number of hydrogen-bond acceptors (Lipinski definition) is 4. The van der Waals surface area contributed by atoms with E-state index in [1.807, 2.05) is 6.92 Å². The van der Waals surface area contributed by atoms with Gasteiger partial charge in [0.2, 0.25) is 0 Å². The van der Waals surface area contributed by atoms with Crippen molar-refractivity contribution in [2.45, 2.75) is 19.8 Å². The highest BCUT2D eigenvalue weighted by molar-refractivity contribution is 7.91. The minimum absolute atomic E-state index is 0.0137. The van der Waals surface area contributed by atoms with Crippen LogP contribution in [-0.2, 0) is 9.84 Å². The van der Waals surface area contributed by atoms with Gasteiger partial charge in [0.1, 0.15) is 0 Å². The number of hydrogen-bond donors (Lipinski definition) is 2. The Hall–Kier alpha value is -0.130. The summed E-state index contributed by atoms with van der Waals surface area (Å²) < 4.78 is 22.6. The van der Waals surface area contributed by atoms with Crippen molar-refractivity contribution in [3.63, 3.8) is 0 Å². The van der Waals surface area contributed by atoms with Crippen LogP contribution in [0.25, 0.3) is 0 Å². The van der Waals surface area contributed by atoms with Gasteiger partial charge in [0, 0.05) is 12.0 Å². The van der Waals surface area contributed by atoms with Gasteiger partial charge in [-0.1, -0.05) is 6.92 Å². The zero-order valence-corrected chi connectivity index (χ0v) is 9.39. The van der Waals surface area contributed by atoms with Crippen molar-refractivity contribution in [3.8, 4) is 0 Å². The molecule has 0 bridgehead atoms. The smallest absolute Gasteiger partial charge is 0.150 e. The first kappa shape index (κ1) is 11.9. The zero-order chi connectivity index (χ0) is 10.8. The molecule has 0 amide bonds. The van der Waals surface area contributed by atoms with Crippen molar-refractivity contribution in [1.82, 2.24) is 0 Å². The fraction of sp³-hybridized carbons (Fsp3) is 1.00. The fourth-order valence-electron chi connectivity index (χ4n) is 2.18. The molecular weight excluding hydrogens is 202 g/mol. The number of sulfone groups is 1. The van der Waals surface area contributed by atoms with E-state index in [1.165, 1.54) is 0 Å². The molecule has 1 fully saturated rings. The maximum absolute atomic E-state index is 11.3. The van der Waals surface area contributed by atoms with E-state index in [0.717, 1.165) is 6.42 Å². The van der Waals surface area contributed by atoms with Crippen LogP contribution in [0.3, 0.4) is 0 Å². The second kappa shape index (κ2) is 4.16. The zero-order valence-electron chi connectivity index (χ0n) is 8.57. The Balaban J connectivity index is 2.82. The van der Waals surface area contributed by atoms with Gasteiger partial charge in [0.05, 0.1) is 18.1 Å². The summed E-state index contributed by atoms with van der Waals surface area (Å²) in [6.07, 6.45) is 1.38. The molecule has 0 aromatic heterocycles. The maximum Gasteiger partial charge on any atom is 0.150 e. The van der Waals surface area contributed by atoms with Crippen LogP contribution < -0.4 is 5.73 Å². The van der Waals surface area contributed by atoms with E-state index in [4.69, 9.17) is 5.73 Å². The molecule has 0 spiro atoms. The van der Waals surface area contributed by atoms with E-state index in [-0.39, 0.29) is 29.4 Å². The predicted octanol–water partition coefficient (Wildman–Crippen LogP) is -0.231. The lowest BCUT2D eigenvalue weighted by atomic mass is 9.73. The molecule has 2 atom stereocenters. The third-order valence-electron chi connectivity index (χ3n) is 3.52. The summed E-state index contributed by atoms with van der Waals surface area (Å²) in [7, 11) is -2.88. The molecule has 0 aliphatic carbocycles. The number of aliphatic hydroxyl groups is 1. The van der Waals surface area contributed by atoms with Crippen molar-refractivity contribution < 1.29 is 13.5 Å². The van der Waals surface area contributed by atoms with E-state index in [1.54, 1.807) is 0 Å². The van der Waals surface area contributed by atoms with Crippen LogP contribution in [0.2, 0.25) is 0 Å². The third-order valence-corrected chi connectivity index (χ3v) is 5.29. The first-order valence-electron chi connectivity index (χ1n) is 5.01. The monoisotopic (exact) mass is 221 g/mol. The topological polar surface area (TPSA) is 80.4 Å². The molecule has 4 nitrogen and oxygen atoms in total. The first-order chi connectivity index (χ1) is 6.49. The highest BCUT2D eigenvalue weighted by Crippen LogP contribution is 2.37. The third kappa shape index (κ3) is 2.10. The van der Waals surface area contributed by atoms with E-state index in [2.05, 4.69) is 0 Å². The minimum Gasteiger partial charge on any atom is -0.396 e. The van der Waals surface area contributed by atoms with Gasteiger partial charge in [-0.05, 0) is 18.8 Å². The summed E-state index contributed by atoms with van der Waals surface area (Å²) in [5, 5.41) is 9.33. The molecule has 5 heteroatoms. The van der Waals surface area contributed by atoms with Crippen LogP contribution in [0.5, 0.6) is 0 Å². The lowest BCUT2D eigenvalue weighted by Gasteiger charge is -2.34. The van der Waals surface area contributed by atoms with Crippen LogP contribution in [0.1, 0.15) is 19.8 Å². The Morgan fingerprint density at radius 1 is 1.57 bits per heavy atom. The molecule has 1 aliphatic heterocycles. The largest absolute Gasteiger partial charge is 0.396 e. The van der Waals surface area contributed by atoms with Crippen LogP contribution >= 0.6 is 0 Å². The Labute approximate surface area is 85.4 Å². The summed E-state index contributed by atoms with van der Waals surface area (Å²) in [5.74, 6) is 0.477. The molecule has 3 N–H and O–H groups in total. The summed E-state index contributed by atoms with van der Waals surface area (Å²) in [4.78, 5) is 0. The molecule has 0 radical (unpaired) electrons. The van der Waals surface area contributed by atoms with Gasteiger partial charge in [0.15, 0.2) is 9.84 Å². The Kier molecular flexibility index (Phi) is 3.55. The molecule has 2 unspecified atom stereocenters. The summed E-state index contributed by atoms with van der Waals surface area (Å²) in [6, 6.07) is 0. The molecule has 0 aromatic rings. The Bertz CT molecular complexity index is 274. The number of nitrogens with two attached hydrogens (primary N) is 1. The van der Waals surface area contributed by atoms with Crippen LogP contribution in [0, 0.1) is 11.3 Å². The summed E-state index contributed by atoms with van der Waals surface area (Å²) >= 11 is 0. The molecule has 1 aliphatic rings. The standard InChI is InChI=1S/C9H19NO3S/c1-2-9(6-10,7-11)8-3-4-14(12,13)5-8/h8,11H,2-7,10H2,1H3. The van der Waals surface area contributed by atoms with Gasteiger partial charge in [-0.3, -0.25) is 0 Å². The van der Waals surface area contributed by atoms with Gasteiger partial charge in [-0.15, -0.1) is 0 Å². The van der Waals surface area contributed by atoms with Crippen molar-refractivity contribution in [2.75, 3.05) is 24.7 Å². The normalized spacial score (nSPS) is 30.1. The first-order valence-corrected chi connectivity index (χ1v) is 6.83. The van der Waals surface area contributed by atoms with E-state index >= 15 is 0 Å². The SMILES string of the molecule is CCC(CN)(CO)C1CCS(=O)(=O)C1. The molecule has 84 valence electrons. The molecule has 1 heterocycles. The van der Waals surface area contributed by atoms with Crippen molar-refractivity contribution in [1.29, 1.82) is 0 Å². The van der Waals surface area contributed by atoms with Gasteiger partial charge in [0.25, 0.3) is 0 Å². The number of aliphatic hydroxyl groups excluding tert-OH is 1. The number of rotatable bonds is 4. The molecule has 0 aromatic carbocycles. The Morgan fingerprint density at radius 3 is 2.50 bits per heavy atom. The van der Waals surface area contributed by atoms with Crippen LogP contribution in [0.15, 0.2) is 0 Å². The molecular formula is C9H19NO3S. The van der Waals surface area contributed by atoms with Crippen molar-refractivity contribution in [3.05, 3.63) is 0 Å². The maximum atomic E-state index is 11.3. The summed E-state index contributed by atoms with van der Waals surface area (Å²) in [6.45, 7) is 2.30. The van der Waals surface area contributed by atoms with Gasteiger partial charge in [-0.2, -0.15) is 0 Å². The highest BCUT2D eigenvalue weighted by atomic mass is 32.2. The van der Waals surface area contributed by atoms with Gasteiger partial charge >= 0.3 is 0 Å². The Morgan fingerprint density at radius 2 is 2.21 bits per heavy atom. The van der Waals surface area contributed by atoms with E-state index in [9.17, 15) is 13.5 Å². The fourth-order valence-corrected chi connectivity index (χ4v) is 4.13. The quantitative estimate of drug-likeness (QED) is 0.687. The van der Waals surface area contributed by atoms with E-state index < -0.39 is 9.84 Å². The van der Waals surface area contributed by atoms with Crippen LogP contribution in [0.4, 0.5) is 0 Å². The lowest BCUT2D eigenvalue weighted by molar-refractivity contribution is 0.0750. The molecule has 14 heavy (non-hydrogen) atoms. The van der Waals surface area contributed by atoms with Crippen molar-refractivity contribution >= 4 is 9.84 Å². The average molecular weight is 221 g/mol. The average Bonchev–Trinajstić information content (AvgIpc) is 2.51. The predicted molar refractivity (Wildman–Crippen MR) is 55.6 cm³/mol. The second-order valence-corrected chi connectivity index (χ2v) is 6.41. The van der Waals surface area contributed by atoms with Gasteiger partial charge < -0.3 is 10.8 Å². The molecule has 1 saturated heterocycles. The van der Waals surface area contributed by atoms with Crippen LogP contribution in [-0.4, -0.2) is 38.2 Å². The van der Waals surface area contributed by atoms with Gasteiger partial charge in [-0.25, -0.2) is 8.42 Å².